The van der Waals surface area contributed by atoms with Gasteiger partial charge in [0.2, 0.25) is 5.91 Å². The van der Waals surface area contributed by atoms with Crippen molar-refractivity contribution < 1.29 is 14.7 Å². The van der Waals surface area contributed by atoms with E-state index in [1.54, 1.807) is 4.90 Å². The largest absolute Gasteiger partial charge is 0.480 e. The molecule has 1 aliphatic carbocycles. The summed E-state index contributed by atoms with van der Waals surface area (Å²) in [5.41, 5.74) is -0.115. The highest BCUT2D eigenvalue weighted by Crippen LogP contribution is 2.32. The van der Waals surface area contributed by atoms with Gasteiger partial charge < -0.3 is 15.3 Å². The average molecular weight is 282 g/mol. The Morgan fingerprint density at radius 2 is 1.90 bits per heavy atom. The summed E-state index contributed by atoms with van der Waals surface area (Å²) in [5, 5.41) is 12.6. The number of nitrogens with one attached hydrogen (secondary N) is 1. The fourth-order valence-corrected chi connectivity index (χ4v) is 3.62. The predicted octanol–water partition coefficient (Wildman–Crippen LogP) is 1.76. The van der Waals surface area contributed by atoms with Crippen molar-refractivity contribution in [3.05, 3.63) is 0 Å². The van der Waals surface area contributed by atoms with Gasteiger partial charge in [-0.25, -0.2) is 4.79 Å². The number of hydrogen-bond donors (Lipinski definition) is 2. The first-order chi connectivity index (χ1) is 9.58. The third kappa shape index (κ3) is 3.32. The number of carboxylic acids is 1. The first-order valence-corrected chi connectivity index (χ1v) is 7.79. The van der Waals surface area contributed by atoms with Gasteiger partial charge in [0.1, 0.15) is 6.04 Å². The van der Waals surface area contributed by atoms with E-state index in [0.29, 0.717) is 19.4 Å². The minimum atomic E-state index is -0.861. The van der Waals surface area contributed by atoms with Crippen molar-refractivity contribution >= 4 is 11.9 Å². The predicted molar refractivity (Wildman–Crippen MR) is 76.5 cm³/mol. The molecule has 2 N–H and O–H groups in total. The fourth-order valence-electron chi connectivity index (χ4n) is 3.62. The lowest BCUT2D eigenvalue weighted by Gasteiger charge is -2.40. The number of piperidine rings is 1. The molecule has 1 amide bonds. The Morgan fingerprint density at radius 1 is 1.20 bits per heavy atom. The standard InChI is InChI=1S/C15H26N2O3/c1-16-15(8-4-2-5-9-15)11-13(18)17-10-6-3-7-12(17)14(19)20/h12,16H,2-11H2,1H3,(H,19,20)/t12-/m1/s1. The summed E-state index contributed by atoms with van der Waals surface area (Å²) in [7, 11) is 1.92. The highest BCUT2D eigenvalue weighted by Gasteiger charge is 2.38. The van der Waals surface area contributed by atoms with Gasteiger partial charge in [-0.2, -0.15) is 0 Å². The third-order valence-corrected chi connectivity index (χ3v) is 4.94. The highest BCUT2D eigenvalue weighted by molar-refractivity contribution is 5.84. The minimum Gasteiger partial charge on any atom is -0.480 e. The molecule has 0 aromatic heterocycles. The Hall–Kier alpha value is -1.10. The number of amides is 1. The van der Waals surface area contributed by atoms with Crippen LogP contribution in [0.15, 0.2) is 0 Å². The van der Waals surface area contributed by atoms with Crippen LogP contribution in [-0.2, 0) is 9.59 Å². The first-order valence-electron chi connectivity index (χ1n) is 7.79. The molecular weight excluding hydrogens is 256 g/mol. The van der Waals surface area contributed by atoms with Crippen LogP contribution in [0.4, 0.5) is 0 Å². The van der Waals surface area contributed by atoms with Crippen molar-refractivity contribution in [2.45, 2.75) is 69.4 Å². The van der Waals surface area contributed by atoms with Gasteiger partial charge in [-0.05, 0) is 39.2 Å². The Bertz CT molecular complexity index is 364. The minimum absolute atomic E-state index is 0.00773. The number of hydrogen-bond acceptors (Lipinski definition) is 3. The quantitative estimate of drug-likeness (QED) is 0.824. The molecule has 1 heterocycles. The van der Waals surface area contributed by atoms with Crippen LogP contribution < -0.4 is 5.32 Å². The van der Waals surface area contributed by atoms with E-state index in [1.165, 1.54) is 6.42 Å². The van der Waals surface area contributed by atoms with Crippen LogP contribution in [0.5, 0.6) is 0 Å². The molecule has 0 aromatic carbocycles. The van der Waals surface area contributed by atoms with Crippen LogP contribution in [0, 0.1) is 0 Å². The Kier molecular flexibility index (Phi) is 5.02. The molecule has 2 aliphatic rings. The number of carbonyl (C=O) groups is 2. The van der Waals surface area contributed by atoms with Gasteiger partial charge in [-0.3, -0.25) is 4.79 Å². The fraction of sp³-hybridized carbons (Fsp3) is 0.867. The maximum Gasteiger partial charge on any atom is 0.326 e. The van der Waals surface area contributed by atoms with Gasteiger partial charge in [-0.1, -0.05) is 19.3 Å². The topological polar surface area (TPSA) is 69.6 Å². The van der Waals surface area contributed by atoms with Gasteiger partial charge in [0.25, 0.3) is 0 Å². The van der Waals surface area contributed by atoms with E-state index in [1.807, 2.05) is 7.05 Å². The van der Waals surface area contributed by atoms with E-state index < -0.39 is 12.0 Å². The van der Waals surface area contributed by atoms with Crippen molar-refractivity contribution in [1.82, 2.24) is 10.2 Å². The van der Waals surface area contributed by atoms with Gasteiger partial charge >= 0.3 is 5.97 Å². The molecule has 0 unspecified atom stereocenters. The second kappa shape index (κ2) is 6.57. The number of carbonyl (C=O) groups excluding carboxylic acids is 1. The van der Waals surface area contributed by atoms with Gasteiger partial charge in [0.15, 0.2) is 0 Å². The molecule has 1 saturated carbocycles. The van der Waals surface area contributed by atoms with Crippen LogP contribution in [0.25, 0.3) is 0 Å². The molecular formula is C15H26N2O3. The molecule has 2 rings (SSSR count). The number of likely N-dealkylation sites (tertiary alicyclic amines) is 1. The average Bonchev–Trinajstić information content (AvgIpc) is 2.48. The third-order valence-electron chi connectivity index (χ3n) is 4.94. The molecule has 0 radical (unpaired) electrons. The molecule has 2 fully saturated rings. The summed E-state index contributed by atoms with van der Waals surface area (Å²) >= 11 is 0. The normalized spacial score (nSPS) is 26.2. The Morgan fingerprint density at radius 3 is 2.50 bits per heavy atom. The molecule has 5 nitrogen and oxygen atoms in total. The summed E-state index contributed by atoms with van der Waals surface area (Å²) in [5.74, 6) is -0.853. The zero-order chi connectivity index (χ0) is 14.6. The number of carboxylic acid groups (broad SMARTS) is 1. The van der Waals surface area contributed by atoms with E-state index >= 15 is 0 Å². The second-order valence-electron chi connectivity index (χ2n) is 6.20. The Labute approximate surface area is 120 Å². The van der Waals surface area contributed by atoms with E-state index in [-0.39, 0.29) is 11.4 Å². The SMILES string of the molecule is CNC1(CC(=O)N2CCCC[C@@H]2C(=O)O)CCCCC1. The van der Waals surface area contributed by atoms with Crippen LogP contribution in [0.1, 0.15) is 57.8 Å². The van der Waals surface area contributed by atoms with Crippen LogP contribution >= 0.6 is 0 Å². The molecule has 5 heteroatoms. The molecule has 1 aliphatic heterocycles. The van der Waals surface area contributed by atoms with E-state index in [2.05, 4.69) is 5.32 Å². The summed E-state index contributed by atoms with van der Waals surface area (Å²) in [4.78, 5) is 25.5. The molecule has 0 bridgehead atoms. The van der Waals surface area contributed by atoms with Gasteiger partial charge in [-0.15, -0.1) is 0 Å². The molecule has 0 aromatic rings. The maximum atomic E-state index is 12.6. The van der Waals surface area contributed by atoms with Crippen molar-refractivity contribution in [3.63, 3.8) is 0 Å². The lowest BCUT2D eigenvalue weighted by atomic mass is 9.79. The second-order valence-corrected chi connectivity index (χ2v) is 6.20. The molecule has 20 heavy (non-hydrogen) atoms. The molecule has 0 spiro atoms. The molecule has 114 valence electrons. The number of rotatable bonds is 4. The van der Waals surface area contributed by atoms with Crippen LogP contribution in [0.2, 0.25) is 0 Å². The lowest BCUT2D eigenvalue weighted by Crippen LogP contribution is -2.53. The van der Waals surface area contributed by atoms with Crippen molar-refractivity contribution in [1.29, 1.82) is 0 Å². The van der Waals surface area contributed by atoms with Gasteiger partial charge in [0, 0.05) is 18.5 Å². The van der Waals surface area contributed by atoms with E-state index in [4.69, 9.17) is 0 Å². The highest BCUT2D eigenvalue weighted by atomic mass is 16.4. The summed E-state index contributed by atoms with van der Waals surface area (Å²) in [6.07, 6.45) is 8.41. The smallest absolute Gasteiger partial charge is 0.326 e. The van der Waals surface area contributed by atoms with Crippen molar-refractivity contribution in [2.24, 2.45) is 0 Å². The van der Waals surface area contributed by atoms with Crippen LogP contribution in [-0.4, -0.2) is 47.1 Å². The molecule has 1 atom stereocenters. The summed E-state index contributed by atoms with van der Waals surface area (Å²) in [6, 6.07) is -0.617. The molecule has 1 saturated heterocycles. The van der Waals surface area contributed by atoms with Gasteiger partial charge in [0.05, 0.1) is 0 Å². The monoisotopic (exact) mass is 282 g/mol. The van der Waals surface area contributed by atoms with E-state index in [9.17, 15) is 14.7 Å². The summed E-state index contributed by atoms with van der Waals surface area (Å²) in [6.45, 7) is 0.593. The zero-order valence-electron chi connectivity index (χ0n) is 12.4. The number of nitrogens with zero attached hydrogens (tertiary/aromatic N) is 1. The Balaban J connectivity index is 2.03. The van der Waals surface area contributed by atoms with Crippen molar-refractivity contribution in [3.8, 4) is 0 Å². The van der Waals surface area contributed by atoms with Crippen molar-refractivity contribution in [2.75, 3.05) is 13.6 Å². The summed E-state index contributed by atoms with van der Waals surface area (Å²) < 4.78 is 0. The zero-order valence-corrected chi connectivity index (χ0v) is 12.4. The first kappa shape index (κ1) is 15.3. The van der Waals surface area contributed by atoms with Crippen LogP contribution in [0.3, 0.4) is 0 Å². The van der Waals surface area contributed by atoms with E-state index in [0.717, 1.165) is 38.5 Å². The lowest BCUT2D eigenvalue weighted by molar-refractivity contribution is -0.152. The number of aliphatic carboxylic acids is 1. The maximum absolute atomic E-state index is 12.6.